The van der Waals surface area contributed by atoms with E-state index in [1.54, 1.807) is 0 Å². The minimum Gasteiger partial charge on any atom is -0.407 e. The van der Waals surface area contributed by atoms with E-state index in [9.17, 15) is 4.79 Å². The summed E-state index contributed by atoms with van der Waals surface area (Å²) in [5, 5.41) is 0. The lowest BCUT2D eigenvalue weighted by molar-refractivity contribution is -0.442. The number of carbonyl (C=O) groups excluding carboxylic acids is 1. The van der Waals surface area contributed by atoms with Gasteiger partial charge in [-0.25, -0.2) is 0 Å². The van der Waals surface area contributed by atoms with Gasteiger partial charge in [-0.2, -0.15) is 0 Å². The van der Waals surface area contributed by atoms with Gasteiger partial charge in [0.1, 0.15) is 0 Å². The lowest BCUT2D eigenvalue weighted by Crippen LogP contribution is -2.59. The van der Waals surface area contributed by atoms with Gasteiger partial charge in [0.2, 0.25) is 0 Å². The van der Waals surface area contributed by atoms with Gasteiger partial charge in [-0.05, 0) is 5.92 Å². The Bertz CT molecular complexity index is 346. The molecule has 0 aromatic carbocycles. The molecular weight excluding hydrogens is 256 g/mol. The summed E-state index contributed by atoms with van der Waals surface area (Å²) in [6, 6.07) is 0. The Hall–Kier alpha value is -0.610. The monoisotopic (exact) mass is 286 g/mol. The average molecular weight is 286 g/mol. The summed E-state index contributed by atoms with van der Waals surface area (Å²) in [5.74, 6) is -1.50. The minimum absolute atomic E-state index is 0.0152. The van der Waals surface area contributed by atoms with E-state index in [1.807, 2.05) is 27.7 Å². The van der Waals surface area contributed by atoms with Gasteiger partial charge in [0.25, 0.3) is 0 Å². The molecule has 4 nitrogen and oxygen atoms in total. The molecule has 0 saturated carbocycles. The van der Waals surface area contributed by atoms with E-state index in [0.29, 0.717) is 12.5 Å². The first-order valence-corrected chi connectivity index (χ1v) is 7.56. The molecule has 4 heteroatoms. The number of hydrogen-bond donors (Lipinski definition) is 0. The van der Waals surface area contributed by atoms with Crippen molar-refractivity contribution in [1.82, 2.24) is 0 Å². The summed E-state index contributed by atoms with van der Waals surface area (Å²) in [7, 11) is 0. The van der Waals surface area contributed by atoms with Crippen LogP contribution in [0.1, 0.15) is 55.4 Å². The number of carbonyl (C=O) groups is 1. The maximum absolute atomic E-state index is 12.0. The summed E-state index contributed by atoms with van der Waals surface area (Å²) in [6.07, 6.45) is -0.0152. The molecule has 2 unspecified atom stereocenters. The second kappa shape index (κ2) is 6.02. The Morgan fingerprint density at radius 2 is 1.70 bits per heavy atom. The van der Waals surface area contributed by atoms with Crippen LogP contribution in [0.4, 0.5) is 0 Å². The Balaban J connectivity index is 3.00. The zero-order chi connectivity index (χ0) is 15.7. The molecule has 2 atom stereocenters. The van der Waals surface area contributed by atoms with Crippen LogP contribution in [-0.2, 0) is 19.0 Å². The summed E-state index contributed by atoms with van der Waals surface area (Å²) in [5.41, 5.74) is -0.100. The van der Waals surface area contributed by atoms with Crippen LogP contribution >= 0.6 is 0 Å². The predicted octanol–water partition coefficient (Wildman–Crippen LogP) is 3.59. The van der Waals surface area contributed by atoms with E-state index >= 15 is 0 Å². The topological polar surface area (TPSA) is 44.8 Å². The Morgan fingerprint density at radius 1 is 1.15 bits per heavy atom. The first kappa shape index (κ1) is 17.4. The van der Waals surface area contributed by atoms with Gasteiger partial charge in [-0.15, -0.1) is 0 Å². The molecule has 118 valence electrons. The van der Waals surface area contributed by atoms with E-state index in [2.05, 4.69) is 27.7 Å². The quantitative estimate of drug-likeness (QED) is 0.741. The Morgan fingerprint density at radius 3 is 2.10 bits per heavy atom. The van der Waals surface area contributed by atoms with Crippen molar-refractivity contribution in [2.75, 3.05) is 6.61 Å². The van der Waals surface area contributed by atoms with Gasteiger partial charge >= 0.3 is 11.9 Å². The van der Waals surface area contributed by atoms with Crippen molar-refractivity contribution in [2.24, 2.45) is 23.2 Å². The molecule has 1 aliphatic rings. The molecule has 0 aromatic heterocycles. The number of esters is 1. The lowest BCUT2D eigenvalue weighted by Gasteiger charge is -2.50. The molecule has 0 amide bonds. The molecule has 0 spiro atoms. The third kappa shape index (κ3) is 3.53. The van der Waals surface area contributed by atoms with Crippen LogP contribution in [0.25, 0.3) is 0 Å². The number of hydrogen-bond acceptors (Lipinski definition) is 4. The van der Waals surface area contributed by atoms with Crippen LogP contribution in [0, 0.1) is 23.2 Å². The molecule has 1 rings (SSSR count). The zero-order valence-corrected chi connectivity index (χ0v) is 14.1. The third-order valence-corrected chi connectivity index (χ3v) is 3.73. The molecular formula is C16H30O4. The van der Waals surface area contributed by atoms with Crippen molar-refractivity contribution in [2.45, 2.75) is 67.5 Å². The van der Waals surface area contributed by atoms with Crippen molar-refractivity contribution < 1.29 is 19.0 Å². The molecule has 20 heavy (non-hydrogen) atoms. The largest absolute Gasteiger partial charge is 0.407 e. The molecule has 0 aromatic rings. The number of rotatable bonds is 4. The number of ether oxygens (including phenoxy) is 3. The minimum atomic E-state index is -1.26. The molecule has 0 radical (unpaired) electrons. The van der Waals surface area contributed by atoms with E-state index < -0.39 is 5.97 Å². The van der Waals surface area contributed by atoms with Gasteiger partial charge in [0.05, 0.1) is 18.6 Å². The smallest absolute Gasteiger partial charge is 0.331 e. The first-order chi connectivity index (χ1) is 9.02. The molecule has 1 heterocycles. The maximum atomic E-state index is 12.0. The highest BCUT2D eigenvalue weighted by Crippen LogP contribution is 2.42. The molecule has 0 aliphatic carbocycles. The van der Waals surface area contributed by atoms with Gasteiger partial charge in [0, 0.05) is 11.3 Å². The van der Waals surface area contributed by atoms with E-state index in [4.69, 9.17) is 14.2 Å². The van der Waals surface area contributed by atoms with Gasteiger partial charge < -0.3 is 14.2 Å². The van der Waals surface area contributed by atoms with E-state index in [0.717, 1.165) is 0 Å². The molecule has 1 saturated heterocycles. The maximum Gasteiger partial charge on any atom is 0.331 e. The van der Waals surface area contributed by atoms with Crippen LogP contribution in [-0.4, -0.2) is 24.7 Å². The SMILES string of the molecule is CC(C)C(=O)OC1(C(C)C)OCC(C)(C)C(C(C)C)O1. The standard InChI is InChI=1S/C16H30O4/c1-10(2)13-15(7,8)9-18-16(19-13,12(5)6)20-14(17)11(3)4/h10-13H,9H2,1-8H3. The summed E-state index contributed by atoms with van der Waals surface area (Å²) >= 11 is 0. The van der Waals surface area contributed by atoms with Crippen LogP contribution in [0.3, 0.4) is 0 Å². The highest BCUT2D eigenvalue weighted by molar-refractivity contribution is 5.71. The lowest BCUT2D eigenvalue weighted by atomic mass is 9.80. The van der Waals surface area contributed by atoms with Crippen molar-refractivity contribution in [3.8, 4) is 0 Å². The Labute approximate surface area is 123 Å². The van der Waals surface area contributed by atoms with Crippen LogP contribution in [0.5, 0.6) is 0 Å². The van der Waals surface area contributed by atoms with Crippen LogP contribution in [0.15, 0.2) is 0 Å². The molecule has 0 bridgehead atoms. The van der Waals surface area contributed by atoms with Crippen molar-refractivity contribution in [1.29, 1.82) is 0 Å². The van der Waals surface area contributed by atoms with Crippen molar-refractivity contribution in [3.63, 3.8) is 0 Å². The van der Waals surface area contributed by atoms with E-state index in [1.165, 1.54) is 0 Å². The highest BCUT2D eigenvalue weighted by Gasteiger charge is 2.52. The zero-order valence-electron chi connectivity index (χ0n) is 14.1. The summed E-state index contributed by atoms with van der Waals surface area (Å²) in [4.78, 5) is 12.0. The Kier molecular flexibility index (Phi) is 5.25. The molecule has 0 N–H and O–H groups in total. The predicted molar refractivity (Wildman–Crippen MR) is 77.9 cm³/mol. The van der Waals surface area contributed by atoms with Crippen molar-refractivity contribution in [3.05, 3.63) is 0 Å². The average Bonchev–Trinajstić information content (AvgIpc) is 2.30. The van der Waals surface area contributed by atoms with E-state index in [-0.39, 0.29) is 29.3 Å². The second-order valence-corrected chi connectivity index (χ2v) is 7.39. The van der Waals surface area contributed by atoms with Gasteiger partial charge in [-0.1, -0.05) is 55.4 Å². The van der Waals surface area contributed by atoms with Gasteiger partial charge in [0.15, 0.2) is 0 Å². The second-order valence-electron chi connectivity index (χ2n) is 7.39. The van der Waals surface area contributed by atoms with Gasteiger partial charge in [-0.3, -0.25) is 4.79 Å². The third-order valence-electron chi connectivity index (χ3n) is 3.73. The highest BCUT2D eigenvalue weighted by atomic mass is 16.9. The normalized spacial score (nSPS) is 30.1. The fraction of sp³-hybridized carbons (Fsp3) is 0.938. The van der Waals surface area contributed by atoms with Crippen LogP contribution < -0.4 is 0 Å². The molecule has 1 fully saturated rings. The van der Waals surface area contributed by atoms with Crippen LogP contribution in [0.2, 0.25) is 0 Å². The van der Waals surface area contributed by atoms with Crippen molar-refractivity contribution >= 4 is 5.97 Å². The first-order valence-electron chi connectivity index (χ1n) is 7.56. The fourth-order valence-electron chi connectivity index (χ4n) is 2.51. The summed E-state index contributed by atoms with van der Waals surface area (Å²) in [6.45, 7) is 16.5. The fourth-order valence-corrected chi connectivity index (χ4v) is 2.51. The molecule has 1 aliphatic heterocycles. The summed E-state index contributed by atoms with van der Waals surface area (Å²) < 4.78 is 17.6.